The van der Waals surface area contributed by atoms with Gasteiger partial charge in [-0.15, -0.1) is 0 Å². The van der Waals surface area contributed by atoms with Gasteiger partial charge in [-0.3, -0.25) is 19.6 Å². The zero-order valence-corrected chi connectivity index (χ0v) is 18.6. The van der Waals surface area contributed by atoms with Gasteiger partial charge in [-0.2, -0.15) is 0 Å². The number of amides is 3. The number of hydrogen-bond acceptors (Lipinski definition) is 3. The smallest absolute Gasteiger partial charge is 0.303 e. The van der Waals surface area contributed by atoms with Gasteiger partial charge in [-0.25, -0.2) is 13.9 Å². The second-order valence-corrected chi connectivity index (χ2v) is 8.15. The number of nitrogens with zero attached hydrogens (tertiary/aromatic N) is 2. The maximum atomic E-state index is 13.4. The Kier molecular flexibility index (Phi) is 5.85. The Morgan fingerprint density at radius 2 is 1.46 bits per heavy atom. The summed E-state index contributed by atoms with van der Waals surface area (Å²) in [5.74, 6) is -0.962. The van der Waals surface area contributed by atoms with Gasteiger partial charge in [0, 0.05) is 12.1 Å². The summed E-state index contributed by atoms with van der Waals surface area (Å²) in [6.45, 7) is -0.0133. The van der Waals surface area contributed by atoms with Crippen LogP contribution in [0.2, 0.25) is 0 Å². The highest BCUT2D eigenvalue weighted by Gasteiger charge is 2.34. The predicted octanol–water partition coefficient (Wildman–Crippen LogP) is 3.99. The summed E-state index contributed by atoms with van der Waals surface area (Å²) in [5.41, 5.74) is 2.79. The Morgan fingerprint density at radius 1 is 0.800 bits per heavy atom. The number of urea groups is 1. The number of para-hydroxylation sites is 1. The number of halogens is 1. The first-order valence-electron chi connectivity index (χ1n) is 11.0. The topological polar surface area (TPSA) is 87.2 Å². The van der Waals surface area contributed by atoms with Crippen LogP contribution in [0, 0.1) is 5.82 Å². The second-order valence-electron chi connectivity index (χ2n) is 8.15. The van der Waals surface area contributed by atoms with Crippen LogP contribution in [-0.2, 0) is 17.8 Å². The summed E-state index contributed by atoms with van der Waals surface area (Å²) in [4.78, 5) is 40.0. The number of nitrogens with one attached hydrogen (secondary N) is 2. The molecule has 1 aromatic heterocycles. The van der Waals surface area contributed by atoms with Gasteiger partial charge in [-0.1, -0.05) is 60.7 Å². The molecule has 3 amide bonds. The zero-order valence-electron chi connectivity index (χ0n) is 18.6. The molecule has 174 valence electrons. The highest BCUT2D eigenvalue weighted by atomic mass is 19.1. The number of aromatic nitrogens is 2. The van der Waals surface area contributed by atoms with Crippen molar-refractivity contribution in [2.75, 3.05) is 0 Å². The standard InChI is InChI=1S/C27H21FN4O3/c28-20-13-11-19(12-14-20)17-31-26(34)24(29-27(31)35)16-22-23(15-18-7-3-1-4-8-18)30-32(25(22)33)21-9-5-2-6-10-21/h1-14,16,30H,15,17H2,(H,29,35). The van der Waals surface area contributed by atoms with Crippen LogP contribution < -0.4 is 10.9 Å². The number of benzene rings is 3. The van der Waals surface area contributed by atoms with Gasteiger partial charge >= 0.3 is 6.03 Å². The lowest BCUT2D eigenvalue weighted by Gasteiger charge is -2.11. The first kappa shape index (κ1) is 22.1. The van der Waals surface area contributed by atoms with Gasteiger partial charge < -0.3 is 5.32 Å². The molecular formula is C27H21FN4O3. The molecule has 1 aliphatic heterocycles. The summed E-state index contributed by atoms with van der Waals surface area (Å²) in [7, 11) is 0. The monoisotopic (exact) mass is 468 g/mol. The van der Waals surface area contributed by atoms with Crippen molar-refractivity contribution in [2.45, 2.75) is 13.0 Å². The molecule has 8 heteroatoms. The first-order chi connectivity index (χ1) is 17.0. The molecule has 1 aliphatic rings. The quantitative estimate of drug-likeness (QED) is 0.331. The van der Waals surface area contributed by atoms with E-state index in [9.17, 15) is 18.8 Å². The largest absolute Gasteiger partial charge is 0.329 e. The number of hydrogen-bond donors (Lipinski definition) is 2. The molecule has 0 saturated carbocycles. The van der Waals surface area contributed by atoms with Crippen molar-refractivity contribution >= 4 is 18.0 Å². The maximum absolute atomic E-state index is 13.4. The molecule has 3 aromatic carbocycles. The summed E-state index contributed by atoms with van der Waals surface area (Å²) in [6, 6.07) is 23.7. The number of carbonyl (C=O) groups excluding carboxylic acids is 2. The lowest BCUT2D eigenvalue weighted by Crippen LogP contribution is -2.30. The number of aromatic amines is 1. The normalized spacial score (nSPS) is 14.5. The lowest BCUT2D eigenvalue weighted by molar-refractivity contribution is -0.123. The van der Waals surface area contributed by atoms with Crippen LogP contribution in [0.5, 0.6) is 0 Å². The van der Waals surface area contributed by atoms with Crippen LogP contribution in [0.15, 0.2) is 95.4 Å². The Balaban J connectivity index is 1.51. The van der Waals surface area contributed by atoms with E-state index in [0.29, 0.717) is 23.4 Å². The average Bonchev–Trinajstić information content (AvgIpc) is 3.32. The van der Waals surface area contributed by atoms with Gasteiger partial charge in [0.25, 0.3) is 11.5 Å². The van der Waals surface area contributed by atoms with E-state index >= 15 is 0 Å². The minimum absolute atomic E-state index is 0.00253. The number of H-pyrrole nitrogens is 1. The molecule has 2 heterocycles. The van der Waals surface area contributed by atoms with E-state index in [2.05, 4.69) is 10.4 Å². The third-order valence-electron chi connectivity index (χ3n) is 5.75. The van der Waals surface area contributed by atoms with E-state index in [-0.39, 0.29) is 23.4 Å². The van der Waals surface area contributed by atoms with E-state index in [4.69, 9.17) is 0 Å². The van der Waals surface area contributed by atoms with Crippen molar-refractivity contribution in [1.82, 2.24) is 20.0 Å². The van der Waals surface area contributed by atoms with Gasteiger partial charge in [0.1, 0.15) is 11.5 Å². The Labute approximate surface area is 200 Å². The van der Waals surface area contributed by atoms with Crippen molar-refractivity contribution in [3.8, 4) is 5.69 Å². The van der Waals surface area contributed by atoms with Crippen LogP contribution in [0.4, 0.5) is 9.18 Å². The summed E-state index contributed by atoms with van der Waals surface area (Å²) in [5, 5.41) is 5.72. The molecule has 5 rings (SSSR count). The minimum atomic E-state index is -0.603. The molecule has 0 radical (unpaired) electrons. The number of rotatable bonds is 6. The molecule has 1 saturated heterocycles. The summed E-state index contributed by atoms with van der Waals surface area (Å²) < 4.78 is 14.6. The molecule has 2 N–H and O–H groups in total. The van der Waals surface area contributed by atoms with E-state index in [1.54, 1.807) is 12.1 Å². The maximum Gasteiger partial charge on any atom is 0.329 e. The number of carbonyl (C=O) groups is 2. The Bertz CT molecular complexity index is 1470. The van der Waals surface area contributed by atoms with Gasteiger partial charge in [-0.05, 0) is 41.5 Å². The Morgan fingerprint density at radius 3 is 2.14 bits per heavy atom. The fraction of sp³-hybridized carbons (Fsp3) is 0.0741. The molecular weight excluding hydrogens is 447 g/mol. The average molecular weight is 468 g/mol. The predicted molar refractivity (Wildman–Crippen MR) is 129 cm³/mol. The van der Waals surface area contributed by atoms with Gasteiger partial charge in [0.05, 0.1) is 17.8 Å². The number of imide groups is 1. The third-order valence-corrected chi connectivity index (χ3v) is 5.75. The van der Waals surface area contributed by atoms with Crippen LogP contribution >= 0.6 is 0 Å². The van der Waals surface area contributed by atoms with Gasteiger partial charge in [0.2, 0.25) is 0 Å². The third kappa shape index (κ3) is 4.54. The molecule has 7 nitrogen and oxygen atoms in total. The SMILES string of the molecule is O=C1NC(=Cc2c(Cc3ccccc3)[nH]n(-c3ccccc3)c2=O)C(=O)N1Cc1ccc(F)cc1. The van der Waals surface area contributed by atoms with Crippen LogP contribution in [-0.4, -0.2) is 26.6 Å². The highest BCUT2D eigenvalue weighted by molar-refractivity contribution is 6.13. The van der Waals surface area contributed by atoms with Crippen molar-refractivity contribution in [1.29, 1.82) is 0 Å². The zero-order chi connectivity index (χ0) is 24.4. The van der Waals surface area contributed by atoms with E-state index in [1.165, 1.54) is 35.0 Å². The van der Waals surface area contributed by atoms with Crippen molar-refractivity contribution in [3.63, 3.8) is 0 Å². The van der Waals surface area contributed by atoms with E-state index < -0.39 is 17.8 Å². The molecule has 0 aliphatic carbocycles. The molecule has 1 fully saturated rings. The van der Waals surface area contributed by atoms with Crippen LogP contribution in [0.3, 0.4) is 0 Å². The second kappa shape index (κ2) is 9.26. The fourth-order valence-corrected chi connectivity index (χ4v) is 3.97. The van der Waals surface area contributed by atoms with Crippen LogP contribution in [0.25, 0.3) is 11.8 Å². The molecule has 0 atom stereocenters. The molecule has 0 spiro atoms. The minimum Gasteiger partial charge on any atom is -0.303 e. The molecule has 35 heavy (non-hydrogen) atoms. The molecule has 0 unspecified atom stereocenters. The van der Waals surface area contributed by atoms with Crippen molar-refractivity contribution < 1.29 is 14.0 Å². The van der Waals surface area contributed by atoms with E-state index in [0.717, 1.165) is 10.5 Å². The van der Waals surface area contributed by atoms with Crippen LogP contribution in [0.1, 0.15) is 22.4 Å². The summed E-state index contributed by atoms with van der Waals surface area (Å²) >= 11 is 0. The highest BCUT2D eigenvalue weighted by Crippen LogP contribution is 2.19. The van der Waals surface area contributed by atoms with Gasteiger partial charge in [0.15, 0.2) is 0 Å². The fourth-order valence-electron chi connectivity index (χ4n) is 3.97. The Hall–Kier alpha value is -4.72. The molecule has 4 aromatic rings. The van der Waals surface area contributed by atoms with Crippen molar-refractivity contribution in [3.05, 3.63) is 129 Å². The molecule has 0 bridgehead atoms. The lowest BCUT2D eigenvalue weighted by atomic mass is 10.1. The first-order valence-corrected chi connectivity index (χ1v) is 11.0. The van der Waals surface area contributed by atoms with Crippen molar-refractivity contribution in [2.24, 2.45) is 0 Å². The summed E-state index contributed by atoms with van der Waals surface area (Å²) in [6.07, 6.45) is 1.85. The van der Waals surface area contributed by atoms with E-state index in [1.807, 2.05) is 48.5 Å².